The molecule has 0 saturated heterocycles. The number of hydrogen-bond donors (Lipinski definition) is 1. The van der Waals surface area contributed by atoms with Crippen molar-refractivity contribution in [3.63, 3.8) is 0 Å². The fourth-order valence-corrected chi connectivity index (χ4v) is 3.25. The first-order chi connectivity index (χ1) is 9.59. The van der Waals surface area contributed by atoms with Gasteiger partial charge in [0.15, 0.2) is 0 Å². The summed E-state index contributed by atoms with van der Waals surface area (Å²) in [5.41, 5.74) is 0. The number of unbranched alkanes of at least 4 members (excludes halogenated alkanes) is 8. The Kier molecular flexibility index (Phi) is 13.4. The summed E-state index contributed by atoms with van der Waals surface area (Å²) < 4.78 is 0. The molecule has 0 aliphatic rings. The molecule has 118 valence electrons. The Bertz CT molecular complexity index is 252. The zero-order chi connectivity index (χ0) is 15.2. The lowest BCUT2D eigenvalue weighted by atomic mass is 10.1. The summed E-state index contributed by atoms with van der Waals surface area (Å²) >= 11 is 1.49. The summed E-state index contributed by atoms with van der Waals surface area (Å²) in [6.45, 7) is 3.31. The molecule has 0 unspecified atom stereocenters. The van der Waals surface area contributed by atoms with E-state index in [1.807, 2.05) is 0 Å². The van der Waals surface area contributed by atoms with Crippen molar-refractivity contribution in [2.75, 3.05) is 12.4 Å². The quantitative estimate of drug-likeness (QED) is 0.392. The van der Waals surface area contributed by atoms with Crippen LogP contribution in [0.5, 0.6) is 0 Å². The molecule has 0 saturated carbocycles. The Labute approximate surface area is 127 Å². The molecule has 0 aliphatic carbocycles. The zero-order valence-electron chi connectivity index (χ0n) is 13.0. The molecule has 0 fully saturated rings. The predicted molar refractivity (Wildman–Crippen MR) is 86.2 cm³/mol. The molecule has 0 aromatic carbocycles. The van der Waals surface area contributed by atoms with E-state index in [2.05, 4.69) is 0 Å². The van der Waals surface area contributed by atoms with Gasteiger partial charge in [0.2, 0.25) is 0 Å². The number of aliphatic hydroxyl groups is 1. The van der Waals surface area contributed by atoms with Gasteiger partial charge >= 0.3 is 0 Å². The number of hydrogen-bond acceptors (Lipinski definition) is 4. The molecule has 0 heterocycles. The van der Waals surface area contributed by atoms with Crippen LogP contribution >= 0.6 is 11.8 Å². The number of ketones is 2. The van der Waals surface area contributed by atoms with Crippen molar-refractivity contribution in [3.05, 3.63) is 0 Å². The van der Waals surface area contributed by atoms with Crippen LogP contribution in [-0.4, -0.2) is 34.3 Å². The van der Waals surface area contributed by atoms with Gasteiger partial charge < -0.3 is 5.11 Å². The fourth-order valence-electron chi connectivity index (χ4n) is 2.17. The van der Waals surface area contributed by atoms with Crippen molar-refractivity contribution in [2.24, 2.45) is 0 Å². The number of carbonyl (C=O) groups is 2. The standard InChI is InChI=1S/C16H30O3S/c1-14(18)16(15(2)19)20-13-11-9-7-5-3-4-6-8-10-12-17/h16-17H,3-13H2,1-2H3. The molecular formula is C16H30O3S. The Morgan fingerprint density at radius 3 is 1.60 bits per heavy atom. The van der Waals surface area contributed by atoms with Gasteiger partial charge in [-0.25, -0.2) is 0 Å². The lowest BCUT2D eigenvalue weighted by molar-refractivity contribution is -0.123. The van der Waals surface area contributed by atoms with Gasteiger partial charge in [-0.1, -0.05) is 44.9 Å². The molecule has 0 radical (unpaired) electrons. The molecule has 0 amide bonds. The summed E-state index contributed by atoms with van der Waals surface area (Å²) in [7, 11) is 0. The lowest BCUT2D eigenvalue weighted by Gasteiger charge is -2.09. The van der Waals surface area contributed by atoms with E-state index in [1.54, 1.807) is 0 Å². The van der Waals surface area contributed by atoms with E-state index in [-0.39, 0.29) is 11.6 Å². The highest BCUT2D eigenvalue weighted by Crippen LogP contribution is 2.17. The van der Waals surface area contributed by atoms with Crippen LogP contribution in [0.3, 0.4) is 0 Å². The second-order valence-electron chi connectivity index (χ2n) is 5.38. The molecule has 0 bridgehead atoms. The number of carbonyl (C=O) groups excluding carboxylic acids is 2. The third-order valence-corrected chi connectivity index (χ3v) is 4.85. The Balaban J connectivity index is 3.32. The number of aliphatic hydroxyl groups excluding tert-OH is 1. The van der Waals surface area contributed by atoms with E-state index in [4.69, 9.17) is 5.11 Å². The smallest absolute Gasteiger partial charge is 0.150 e. The SMILES string of the molecule is CC(=O)C(SCCCCCCCCCCCO)C(C)=O. The van der Waals surface area contributed by atoms with E-state index in [1.165, 1.54) is 64.1 Å². The summed E-state index contributed by atoms with van der Waals surface area (Å²) in [6.07, 6.45) is 10.6. The first-order valence-corrected chi connectivity index (χ1v) is 8.87. The second-order valence-corrected chi connectivity index (χ2v) is 6.59. The minimum absolute atomic E-state index is 0.0228. The fraction of sp³-hybridized carbons (Fsp3) is 0.875. The van der Waals surface area contributed by atoms with Crippen LogP contribution in [0.15, 0.2) is 0 Å². The van der Waals surface area contributed by atoms with Gasteiger partial charge in [-0.05, 0) is 32.4 Å². The van der Waals surface area contributed by atoms with E-state index in [0.717, 1.165) is 25.0 Å². The molecule has 0 atom stereocenters. The summed E-state index contributed by atoms with van der Waals surface area (Å²) in [4.78, 5) is 22.5. The monoisotopic (exact) mass is 302 g/mol. The van der Waals surface area contributed by atoms with Crippen LogP contribution in [-0.2, 0) is 9.59 Å². The third kappa shape index (κ3) is 11.5. The van der Waals surface area contributed by atoms with Gasteiger partial charge in [0.1, 0.15) is 16.8 Å². The van der Waals surface area contributed by atoms with Gasteiger partial charge in [0.05, 0.1) is 0 Å². The normalized spacial score (nSPS) is 11.0. The van der Waals surface area contributed by atoms with E-state index in [0.29, 0.717) is 6.61 Å². The van der Waals surface area contributed by atoms with Crippen LogP contribution in [0.2, 0.25) is 0 Å². The molecule has 0 aromatic rings. The van der Waals surface area contributed by atoms with Gasteiger partial charge in [0.25, 0.3) is 0 Å². The average Bonchev–Trinajstić information content (AvgIpc) is 2.39. The molecule has 3 nitrogen and oxygen atoms in total. The molecule has 0 spiro atoms. The molecule has 20 heavy (non-hydrogen) atoms. The number of rotatable bonds is 14. The first-order valence-electron chi connectivity index (χ1n) is 7.83. The van der Waals surface area contributed by atoms with E-state index < -0.39 is 5.25 Å². The number of thioether (sulfide) groups is 1. The maximum Gasteiger partial charge on any atom is 0.150 e. The summed E-state index contributed by atoms with van der Waals surface area (Å²) in [6, 6.07) is 0. The van der Waals surface area contributed by atoms with E-state index >= 15 is 0 Å². The van der Waals surface area contributed by atoms with Crippen molar-refractivity contribution in [2.45, 2.75) is 76.9 Å². The Morgan fingerprint density at radius 2 is 1.20 bits per heavy atom. The maximum absolute atomic E-state index is 11.2. The van der Waals surface area contributed by atoms with E-state index in [9.17, 15) is 9.59 Å². The lowest BCUT2D eigenvalue weighted by Crippen LogP contribution is -2.22. The first kappa shape index (κ1) is 19.7. The van der Waals surface area contributed by atoms with Gasteiger partial charge in [-0.15, -0.1) is 11.8 Å². The second kappa shape index (κ2) is 13.6. The summed E-state index contributed by atoms with van der Waals surface area (Å²) in [5, 5.41) is 8.21. The van der Waals surface area contributed by atoms with Gasteiger partial charge in [0, 0.05) is 6.61 Å². The topological polar surface area (TPSA) is 54.4 Å². The molecule has 0 rings (SSSR count). The minimum atomic E-state index is -0.443. The number of Topliss-reactive ketones (excluding diaryl/α,β-unsaturated/α-hetero) is 2. The molecular weight excluding hydrogens is 272 g/mol. The highest BCUT2D eigenvalue weighted by atomic mass is 32.2. The zero-order valence-corrected chi connectivity index (χ0v) is 13.8. The molecule has 0 aromatic heterocycles. The van der Waals surface area contributed by atoms with Crippen LogP contribution < -0.4 is 0 Å². The average molecular weight is 302 g/mol. The predicted octanol–water partition coefficient (Wildman–Crippen LogP) is 3.77. The Morgan fingerprint density at radius 1 is 0.800 bits per heavy atom. The maximum atomic E-state index is 11.2. The van der Waals surface area contributed by atoms with Crippen molar-refractivity contribution in [1.29, 1.82) is 0 Å². The highest BCUT2D eigenvalue weighted by Gasteiger charge is 2.18. The van der Waals surface area contributed by atoms with Crippen LogP contribution in [0, 0.1) is 0 Å². The van der Waals surface area contributed by atoms with Gasteiger partial charge in [-0.3, -0.25) is 9.59 Å². The minimum Gasteiger partial charge on any atom is -0.396 e. The van der Waals surface area contributed by atoms with Crippen molar-refractivity contribution in [1.82, 2.24) is 0 Å². The largest absolute Gasteiger partial charge is 0.396 e. The highest BCUT2D eigenvalue weighted by molar-refractivity contribution is 8.01. The van der Waals surface area contributed by atoms with Crippen LogP contribution in [0.4, 0.5) is 0 Å². The van der Waals surface area contributed by atoms with Crippen LogP contribution in [0.1, 0.15) is 71.6 Å². The van der Waals surface area contributed by atoms with Crippen molar-refractivity contribution in [3.8, 4) is 0 Å². The third-order valence-electron chi connectivity index (χ3n) is 3.33. The summed E-state index contributed by atoms with van der Waals surface area (Å²) in [5.74, 6) is 0.858. The van der Waals surface area contributed by atoms with Crippen molar-refractivity contribution >= 4 is 23.3 Å². The molecule has 0 aliphatic heterocycles. The van der Waals surface area contributed by atoms with Crippen molar-refractivity contribution < 1.29 is 14.7 Å². The van der Waals surface area contributed by atoms with Gasteiger partial charge in [-0.2, -0.15) is 0 Å². The molecule has 4 heteroatoms. The Hall–Kier alpha value is -0.350. The van der Waals surface area contributed by atoms with Crippen LogP contribution in [0.25, 0.3) is 0 Å². The molecule has 1 N–H and O–H groups in total.